The molecule has 0 saturated heterocycles. The van der Waals surface area contributed by atoms with Gasteiger partial charge in [-0.1, -0.05) is 36.6 Å². The number of hydrogen-bond acceptors (Lipinski definition) is 2. The van der Waals surface area contributed by atoms with Gasteiger partial charge in [-0.2, -0.15) is 0 Å². The molecule has 104 valence electrons. The summed E-state index contributed by atoms with van der Waals surface area (Å²) in [4.78, 5) is 12.0. The predicted octanol–water partition coefficient (Wildman–Crippen LogP) is 2.96. The van der Waals surface area contributed by atoms with Gasteiger partial charge >= 0.3 is 0 Å². The minimum Gasteiger partial charge on any atom is -0.347 e. The number of nitrogens with one attached hydrogen (secondary N) is 1. The molecular formula is C15H21ClN2O. The van der Waals surface area contributed by atoms with Crippen molar-refractivity contribution < 1.29 is 4.79 Å². The Morgan fingerprint density at radius 1 is 1.26 bits per heavy atom. The first-order valence-electron chi connectivity index (χ1n) is 6.93. The first-order chi connectivity index (χ1) is 9.16. The van der Waals surface area contributed by atoms with Crippen molar-refractivity contribution in [3.8, 4) is 0 Å². The fraction of sp³-hybridized carbons (Fsp3) is 0.533. The second kappa shape index (κ2) is 6.40. The largest absolute Gasteiger partial charge is 0.347 e. The molecule has 19 heavy (non-hydrogen) atoms. The van der Waals surface area contributed by atoms with Crippen molar-refractivity contribution in [2.45, 2.75) is 44.1 Å². The molecule has 0 spiro atoms. The van der Waals surface area contributed by atoms with E-state index >= 15 is 0 Å². The molecular weight excluding hydrogens is 260 g/mol. The highest BCUT2D eigenvalue weighted by Gasteiger charge is 2.36. The Balaban J connectivity index is 2.13. The van der Waals surface area contributed by atoms with E-state index in [1.165, 1.54) is 0 Å². The van der Waals surface area contributed by atoms with Gasteiger partial charge in [0.1, 0.15) is 0 Å². The molecule has 0 heterocycles. The van der Waals surface area contributed by atoms with Gasteiger partial charge in [0, 0.05) is 11.4 Å². The summed E-state index contributed by atoms with van der Waals surface area (Å²) in [5.74, 6) is 0.0994. The molecule has 1 saturated carbocycles. The predicted molar refractivity (Wildman–Crippen MR) is 78.0 cm³/mol. The van der Waals surface area contributed by atoms with Crippen molar-refractivity contribution in [3.63, 3.8) is 0 Å². The molecule has 3 nitrogen and oxygen atoms in total. The number of amides is 1. The zero-order valence-electron chi connectivity index (χ0n) is 11.1. The van der Waals surface area contributed by atoms with Gasteiger partial charge in [0.05, 0.1) is 5.54 Å². The highest BCUT2D eigenvalue weighted by atomic mass is 35.5. The van der Waals surface area contributed by atoms with E-state index in [0.717, 1.165) is 42.7 Å². The maximum absolute atomic E-state index is 12.0. The van der Waals surface area contributed by atoms with Crippen molar-refractivity contribution in [2.24, 2.45) is 5.73 Å². The smallest absolute Gasteiger partial charge is 0.220 e. The Morgan fingerprint density at radius 2 is 1.89 bits per heavy atom. The Labute approximate surface area is 119 Å². The van der Waals surface area contributed by atoms with E-state index < -0.39 is 0 Å². The fourth-order valence-corrected chi connectivity index (χ4v) is 2.95. The summed E-state index contributed by atoms with van der Waals surface area (Å²) in [5.41, 5.74) is 6.42. The topological polar surface area (TPSA) is 55.1 Å². The van der Waals surface area contributed by atoms with E-state index in [4.69, 9.17) is 17.3 Å². The van der Waals surface area contributed by atoms with E-state index in [1.807, 2.05) is 24.3 Å². The zero-order valence-corrected chi connectivity index (χ0v) is 11.9. The normalized spacial score (nSPS) is 17.4. The molecule has 3 N–H and O–H groups in total. The number of halogens is 1. The quantitative estimate of drug-likeness (QED) is 0.871. The van der Waals surface area contributed by atoms with Crippen LogP contribution in [0.25, 0.3) is 0 Å². The summed E-state index contributed by atoms with van der Waals surface area (Å²) in [5, 5.41) is 3.95. The first-order valence-corrected chi connectivity index (χ1v) is 7.31. The average Bonchev–Trinajstić information content (AvgIpc) is 2.86. The highest BCUT2D eigenvalue weighted by Crippen LogP contribution is 2.39. The molecule has 0 radical (unpaired) electrons. The summed E-state index contributed by atoms with van der Waals surface area (Å²) in [7, 11) is 0. The van der Waals surface area contributed by atoms with E-state index in [1.54, 1.807) is 0 Å². The fourth-order valence-electron chi connectivity index (χ4n) is 2.83. The third-order valence-corrected chi connectivity index (χ3v) is 4.09. The number of benzene rings is 1. The Morgan fingerprint density at radius 3 is 2.47 bits per heavy atom. The molecule has 2 rings (SSSR count). The van der Waals surface area contributed by atoms with Gasteiger partial charge in [0.15, 0.2) is 0 Å². The summed E-state index contributed by atoms with van der Waals surface area (Å²) in [6, 6.07) is 7.83. The van der Waals surface area contributed by atoms with Crippen LogP contribution in [0.4, 0.5) is 0 Å². The van der Waals surface area contributed by atoms with Gasteiger partial charge in [-0.25, -0.2) is 0 Å². The van der Waals surface area contributed by atoms with Gasteiger partial charge in [0.25, 0.3) is 0 Å². The molecule has 1 amide bonds. The van der Waals surface area contributed by atoms with Crippen LogP contribution >= 0.6 is 11.6 Å². The van der Waals surface area contributed by atoms with Gasteiger partial charge < -0.3 is 11.1 Å². The molecule has 4 heteroatoms. The maximum atomic E-state index is 12.0. The maximum Gasteiger partial charge on any atom is 0.220 e. The molecule has 1 fully saturated rings. The van der Waals surface area contributed by atoms with Gasteiger partial charge in [0.2, 0.25) is 5.91 Å². The lowest BCUT2D eigenvalue weighted by atomic mass is 9.88. The van der Waals surface area contributed by atoms with Crippen LogP contribution in [0.5, 0.6) is 0 Å². The summed E-state index contributed by atoms with van der Waals surface area (Å²) in [6.45, 7) is 0.557. The van der Waals surface area contributed by atoms with Crippen LogP contribution in [-0.2, 0) is 10.3 Å². The van der Waals surface area contributed by atoms with Gasteiger partial charge in [-0.15, -0.1) is 0 Å². The van der Waals surface area contributed by atoms with Gasteiger partial charge in [-0.3, -0.25) is 4.79 Å². The van der Waals surface area contributed by atoms with Crippen LogP contribution in [-0.4, -0.2) is 12.5 Å². The van der Waals surface area contributed by atoms with Crippen molar-refractivity contribution in [1.29, 1.82) is 0 Å². The lowest BCUT2D eigenvalue weighted by Gasteiger charge is -2.31. The van der Waals surface area contributed by atoms with Crippen LogP contribution < -0.4 is 11.1 Å². The number of carbonyl (C=O) groups is 1. The summed E-state index contributed by atoms with van der Waals surface area (Å²) in [6.07, 6.45) is 5.56. The van der Waals surface area contributed by atoms with Crippen LogP contribution in [0.1, 0.15) is 44.1 Å². The second-order valence-electron chi connectivity index (χ2n) is 5.24. The van der Waals surface area contributed by atoms with Crippen molar-refractivity contribution in [3.05, 3.63) is 34.9 Å². The molecule has 0 aromatic heterocycles. The monoisotopic (exact) mass is 280 g/mol. The Kier molecular flexibility index (Phi) is 4.83. The SMILES string of the molecule is NCCCC(=O)NC1(c2ccc(Cl)cc2)CCCC1. The molecule has 0 unspecified atom stereocenters. The summed E-state index contributed by atoms with van der Waals surface area (Å²) >= 11 is 5.94. The number of hydrogen-bond donors (Lipinski definition) is 2. The van der Waals surface area contributed by atoms with E-state index in [2.05, 4.69) is 5.32 Å². The van der Waals surface area contributed by atoms with Crippen molar-refractivity contribution in [2.75, 3.05) is 6.54 Å². The zero-order chi connectivity index (χ0) is 13.7. The number of carbonyl (C=O) groups excluding carboxylic acids is 1. The minimum atomic E-state index is -0.198. The highest BCUT2D eigenvalue weighted by molar-refractivity contribution is 6.30. The molecule has 1 aromatic carbocycles. The number of nitrogens with two attached hydrogens (primary N) is 1. The molecule has 1 aliphatic carbocycles. The third kappa shape index (κ3) is 3.48. The molecule has 1 aliphatic rings. The number of rotatable bonds is 5. The van der Waals surface area contributed by atoms with Crippen LogP contribution in [0.2, 0.25) is 5.02 Å². The first kappa shape index (κ1) is 14.4. The van der Waals surface area contributed by atoms with E-state index in [0.29, 0.717) is 13.0 Å². The second-order valence-corrected chi connectivity index (χ2v) is 5.67. The van der Waals surface area contributed by atoms with E-state index in [-0.39, 0.29) is 11.4 Å². The van der Waals surface area contributed by atoms with Crippen LogP contribution in [0.3, 0.4) is 0 Å². The van der Waals surface area contributed by atoms with Crippen molar-refractivity contribution >= 4 is 17.5 Å². The van der Waals surface area contributed by atoms with Crippen LogP contribution in [0.15, 0.2) is 24.3 Å². The minimum absolute atomic E-state index is 0.0994. The molecule has 0 atom stereocenters. The van der Waals surface area contributed by atoms with Crippen LogP contribution in [0, 0.1) is 0 Å². The Hall–Kier alpha value is -1.06. The average molecular weight is 281 g/mol. The molecule has 0 aliphatic heterocycles. The lowest BCUT2D eigenvalue weighted by Crippen LogP contribution is -2.43. The molecule has 1 aromatic rings. The van der Waals surface area contributed by atoms with Gasteiger partial charge in [-0.05, 0) is 43.5 Å². The Bertz CT molecular complexity index is 424. The third-order valence-electron chi connectivity index (χ3n) is 3.84. The summed E-state index contributed by atoms with van der Waals surface area (Å²) < 4.78 is 0. The molecule has 0 bridgehead atoms. The van der Waals surface area contributed by atoms with E-state index in [9.17, 15) is 4.79 Å². The van der Waals surface area contributed by atoms with Crippen molar-refractivity contribution in [1.82, 2.24) is 5.32 Å². The lowest BCUT2D eigenvalue weighted by molar-refractivity contribution is -0.123. The standard InChI is InChI=1S/C15H21ClN2O/c16-13-7-5-12(6-8-13)15(9-1-2-10-15)18-14(19)4-3-11-17/h5-8H,1-4,9-11,17H2,(H,18,19).